The van der Waals surface area contributed by atoms with Crippen molar-refractivity contribution in [3.63, 3.8) is 0 Å². The van der Waals surface area contributed by atoms with Crippen molar-refractivity contribution in [2.24, 2.45) is 0 Å². The Morgan fingerprint density at radius 3 is 3.00 bits per heavy atom. The van der Waals surface area contributed by atoms with E-state index in [9.17, 15) is 9.59 Å². The number of nitrogens with zero attached hydrogens (tertiary/aromatic N) is 4. The molecule has 3 heterocycles. The number of halogens is 1. The first-order chi connectivity index (χ1) is 11.7. The van der Waals surface area contributed by atoms with E-state index >= 15 is 0 Å². The largest absolute Gasteiger partial charge is 0.444 e. The topological polar surface area (TPSA) is 102 Å². The zero-order valence-electron chi connectivity index (χ0n) is 14.3. The molecule has 0 spiro atoms. The van der Waals surface area contributed by atoms with E-state index < -0.39 is 5.60 Å². The van der Waals surface area contributed by atoms with Gasteiger partial charge in [0.25, 0.3) is 5.56 Å². The molecule has 2 aromatic heterocycles. The normalized spacial score (nSPS) is 18.6. The second-order valence-corrected chi connectivity index (χ2v) is 7.19. The number of H-pyrrole nitrogens is 1. The molecule has 1 aliphatic rings. The summed E-state index contributed by atoms with van der Waals surface area (Å²) in [5.74, 6) is 0. The van der Waals surface area contributed by atoms with E-state index in [0.29, 0.717) is 37.3 Å². The Morgan fingerprint density at radius 2 is 2.28 bits per heavy atom. The van der Waals surface area contributed by atoms with Crippen LogP contribution in [0.2, 0.25) is 5.28 Å². The van der Waals surface area contributed by atoms with E-state index in [-0.39, 0.29) is 23.0 Å². The van der Waals surface area contributed by atoms with E-state index in [0.717, 1.165) is 0 Å². The second-order valence-electron chi connectivity index (χ2n) is 6.84. The van der Waals surface area contributed by atoms with E-state index in [1.807, 2.05) is 20.8 Å². The first kappa shape index (κ1) is 17.7. The zero-order chi connectivity index (χ0) is 18.2. The summed E-state index contributed by atoms with van der Waals surface area (Å²) in [6, 6.07) is 0. The fraction of sp³-hybridized carbons (Fsp3) is 0.600. The number of aromatic amines is 1. The van der Waals surface area contributed by atoms with Crippen molar-refractivity contribution in [3.8, 4) is 0 Å². The Morgan fingerprint density at radius 1 is 1.52 bits per heavy atom. The van der Waals surface area contributed by atoms with Gasteiger partial charge in [0.2, 0.25) is 5.28 Å². The van der Waals surface area contributed by atoms with Crippen molar-refractivity contribution < 1.29 is 14.3 Å². The highest BCUT2D eigenvalue weighted by Gasteiger charge is 2.29. The zero-order valence-corrected chi connectivity index (χ0v) is 15.0. The number of aromatic nitrogens is 4. The van der Waals surface area contributed by atoms with Crippen LogP contribution in [0, 0.1) is 0 Å². The highest BCUT2D eigenvalue weighted by atomic mass is 35.5. The van der Waals surface area contributed by atoms with Crippen molar-refractivity contribution >= 4 is 28.7 Å². The van der Waals surface area contributed by atoms with Gasteiger partial charge >= 0.3 is 6.09 Å². The van der Waals surface area contributed by atoms with Crippen molar-refractivity contribution in [3.05, 3.63) is 21.8 Å². The minimum atomic E-state index is -0.554. The van der Waals surface area contributed by atoms with Gasteiger partial charge in [0.1, 0.15) is 11.1 Å². The van der Waals surface area contributed by atoms with Gasteiger partial charge in [-0.15, -0.1) is 0 Å². The highest BCUT2D eigenvalue weighted by molar-refractivity contribution is 6.28. The molecule has 1 N–H and O–H groups in total. The van der Waals surface area contributed by atoms with Gasteiger partial charge in [0, 0.05) is 6.54 Å². The molecule has 1 unspecified atom stereocenters. The monoisotopic (exact) mass is 369 g/mol. The molecular weight excluding hydrogens is 350 g/mol. The van der Waals surface area contributed by atoms with Gasteiger partial charge < -0.3 is 14.4 Å². The molecule has 3 rings (SSSR count). The molecule has 0 aliphatic carbocycles. The average molecular weight is 370 g/mol. The number of rotatable bonds is 2. The first-order valence-electron chi connectivity index (χ1n) is 7.94. The van der Waals surface area contributed by atoms with Gasteiger partial charge in [-0.3, -0.25) is 14.5 Å². The van der Waals surface area contributed by atoms with Crippen LogP contribution in [0.4, 0.5) is 4.79 Å². The van der Waals surface area contributed by atoms with Gasteiger partial charge in [0.05, 0.1) is 32.0 Å². The van der Waals surface area contributed by atoms with Gasteiger partial charge in [-0.05, 0) is 32.4 Å². The van der Waals surface area contributed by atoms with Crippen molar-refractivity contribution in [2.45, 2.75) is 39.0 Å². The highest BCUT2D eigenvalue weighted by Crippen LogP contribution is 2.15. The van der Waals surface area contributed by atoms with Crippen molar-refractivity contribution in [1.82, 2.24) is 24.6 Å². The predicted molar refractivity (Wildman–Crippen MR) is 90.7 cm³/mol. The number of hydrogen-bond acceptors (Lipinski definition) is 6. The number of ether oxygens (including phenoxy) is 2. The number of morpholine rings is 1. The maximum absolute atomic E-state index is 12.2. The van der Waals surface area contributed by atoms with Crippen LogP contribution in [-0.2, 0) is 16.0 Å². The summed E-state index contributed by atoms with van der Waals surface area (Å²) in [4.78, 5) is 32.4. The standard InChI is InChI=1S/C15H20ClN5O4/c1-15(2,3)25-14(23)20-4-5-24-9(7-20)8-21-11-10(6-17-21)18-13(16)19-12(11)22/h6,9H,4-5,7-8H2,1-3H3,(H,18,19,22). The molecule has 2 aromatic rings. The van der Waals surface area contributed by atoms with Crippen molar-refractivity contribution in [2.75, 3.05) is 19.7 Å². The number of nitrogens with one attached hydrogen (secondary N) is 1. The molecule has 136 valence electrons. The lowest BCUT2D eigenvalue weighted by Gasteiger charge is -2.34. The summed E-state index contributed by atoms with van der Waals surface area (Å²) >= 11 is 5.75. The lowest BCUT2D eigenvalue weighted by atomic mass is 10.2. The molecule has 0 bridgehead atoms. The van der Waals surface area contributed by atoms with Crippen LogP contribution in [0.5, 0.6) is 0 Å². The lowest BCUT2D eigenvalue weighted by molar-refractivity contribution is -0.0479. The maximum atomic E-state index is 12.2. The van der Waals surface area contributed by atoms with Crippen LogP contribution >= 0.6 is 11.6 Å². The maximum Gasteiger partial charge on any atom is 0.410 e. The Labute approximate surface area is 148 Å². The van der Waals surface area contributed by atoms with Gasteiger partial charge in [-0.2, -0.15) is 5.10 Å². The summed E-state index contributed by atoms with van der Waals surface area (Å²) in [5.41, 5.74) is -0.190. The predicted octanol–water partition coefficient (Wildman–Crippen LogP) is 1.41. The summed E-state index contributed by atoms with van der Waals surface area (Å²) in [5, 5.41) is 4.20. The molecule has 1 atom stereocenters. The minimum absolute atomic E-state index is 0.0158. The Bertz CT molecular complexity index is 841. The quantitative estimate of drug-likeness (QED) is 0.803. The number of fused-ring (bicyclic) bond motifs is 1. The van der Waals surface area contributed by atoms with Crippen molar-refractivity contribution in [1.29, 1.82) is 0 Å². The summed E-state index contributed by atoms with van der Waals surface area (Å²) in [6.07, 6.45) is 0.794. The molecule has 0 saturated carbocycles. The Kier molecular flexibility index (Phi) is 4.70. The number of amides is 1. The smallest absolute Gasteiger partial charge is 0.410 e. The number of hydrogen-bond donors (Lipinski definition) is 1. The molecule has 1 aliphatic heterocycles. The fourth-order valence-corrected chi connectivity index (χ4v) is 2.81. The number of carbonyl (C=O) groups excluding carboxylic acids is 1. The van der Waals surface area contributed by atoms with Gasteiger partial charge in [-0.25, -0.2) is 9.78 Å². The molecule has 1 amide bonds. The fourth-order valence-electron chi connectivity index (χ4n) is 2.63. The SMILES string of the molecule is CC(C)(C)OC(=O)N1CCOC(Cn2ncc3nc(Cl)[nH]c(=O)c32)C1. The van der Waals surface area contributed by atoms with Crippen LogP contribution in [-0.4, -0.2) is 62.1 Å². The molecular formula is C15H20ClN5O4. The summed E-state index contributed by atoms with van der Waals surface area (Å²) in [7, 11) is 0. The molecule has 9 nitrogen and oxygen atoms in total. The molecule has 0 radical (unpaired) electrons. The third-order valence-electron chi connectivity index (χ3n) is 3.64. The van der Waals surface area contributed by atoms with Crippen LogP contribution < -0.4 is 5.56 Å². The molecule has 10 heteroatoms. The average Bonchev–Trinajstić information content (AvgIpc) is 2.88. The van der Waals surface area contributed by atoms with Crippen LogP contribution in [0.25, 0.3) is 11.0 Å². The minimum Gasteiger partial charge on any atom is -0.444 e. The van der Waals surface area contributed by atoms with Gasteiger partial charge in [0.15, 0.2) is 5.52 Å². The van der Waals surface area contributed by atoms with E-state index in [2.05, 4.69) is 15.1 Å². The van der Waals surface area contributed by atoms with E-state index in [1.54, 1.807) is 4.90 Å². The molecule has 1 saturated heterocycles. The third-order valence-corrected chi connectivity index (χ3v) is 3.82. The molecule has 0 aromatic carbocycles. The van der Waals surface area contributed by atoms with Gasteiger partial charge in [-0.1, -0.05) is 0 Å². The van der Waals surface area contributed by atoms with Crippen LogP contribution in [0.1, 0.15) is 20.8 Å². The van der Waals surface area contributed by atoms with Crippen LogP contribution in [0.15, 0.2) is 11.0 Å². The molecule has 1 fully saturated rings. The number of carbonyl (C=O) groups is 1. The lowest BCUT2D eigenvalue weighted by Crippen LogP contribution is -2.48. The van der Waals surface area contributed by atoms with E-state index in [1.165, 1.54) is 10.9 Å². The third kappa shape index (κ3) is 4.10. The van der Waals surface area contributed by atoms with E-state index in [4.69, 9.17) is 21.1 Å². The second kappa shape index (κ2) is 6.64. The summed E-state index contributed by atoms with van der Waals surface area (Å²) < 4.78 is 12.6. The molecule has 25 heavy (non-hydrogen) atoms. The summed E-state index contributed by atoms with van der Waals surface area (Å²) in [6.45, 7) is 6.99. The van der Waals surface area contributed by atoms with Crippen LogP contribution in [0.3, 0.4) is 0 Å². The first-order valence-corrected chi connectivity index (χ1v) is 8.31. The Hall–Kier alpha value is -2.13. The Balaban J connectivity index is 1.73.